The second-order valence-electron chi connectivity index (χ2n) is 8.41. The monoisotopic (exact) mass is 404 g/mol. The second kappa shape index (κ2) is 8.46. The molecule has 2 aliphatic heterocycles. The number of aryl methyl sites for hydroxylation is 1. The summed E-state index contributed by atoms with van der Waals surface area (Å²) in [5.74, 6) is 3.23. The Morgan fingerprint density at radius 2 is 1.90 bits per heavy atom. The van der Waals surface area contributed by atoms with Gasteiger partial charge in [-0.3, -0.25) is 4.79 Å². The molecule has 1 saturated heterocycles. The van der Waals surface area contributed by atoms with Crippen LogP contribution in [0.5, 0.6) is 5.75 Å². The smallest absolute Gasteiger partial charge is 0.260 e. The summed E-state index contributed by atoms with van der Waals surface area (Å²) in [6.07, 6.45) is 6.71. The molecule has 1 fully saturated rings. The molecule has 0 spiro atoms. The van der Waals surface area contributed by atoms with E-state index in [0.29, 0.717) is 6.54 Å². The number of fused-ring (bicyclic) bond motifs is 2. The molecule has 0 aliphatic carbocycles. The van der Waals surface area contributed by atoms with Gasteiger partial charge in [-0.15, -0.1) is 10.2 Å². The van der Waals surface area contributed by atoms with Gasteiger partial charge >= 0.3 is 0 Å². The summed E-state index contributed by atoms with van der Waals surface area (Å²) in [4.78, 5) is 14.8. The van der Waals surface area contributed by atoms with Crippen LogP contribution in [-0.4, -0.2) is 45.3 Å². The van der Waals surface area contributed by atoms with E-state index >= 15 is 0 Å². The van der Waals surface area contributed by atoms with Crippen LogP contribution < -0.4 is 4.74 Å². The zero-order valence-electron chi connectivity index (χ0n) is 17.3. The second-order valence-corrected chi connectivity index (χ2v) is 8.41. The number of likely N-dealkylation sites (tertiary alicyclic amines) is 1. The molecule has 3 aromatic rings. The third kappa shape index (κ3) is 3.91. The Bertz CT molecular complexity index is 1040. The lowest BCUT2D eigenvalue weighted by Crippen LogP contribution is -2.42. The minimum Gasteiger partial charge on any atom is -0.484 e. The average molecular weight is 405 g/mol. The molecule has 2 aliphatic rings. The van der Waals surface area contributed by atoms with E-state index in [1.54, 1.807) is 0 Å². The van der Waals surface area contributed by atoms with Crippen LogP contribution in [0.15, 0.2) is 42.5 Å². The number of carbonyl (C=O) groups is 1. The van der Waals surface area contributed by atoms with E-state index in [0.717, 1.165) is 55.1 Å². The number of rotatable bonds is 4. The Morgan fingerprint density at radius 3 is 2.83 bits per heavy atom. The molecular formula is C24H28N4O2. The molecule has 1 aromatic heterocycles. The largest absolute Gasteiger partial charge is 0.484 e. The lowest BCUT2D eigenvalue weighted by molar-refractivity contribution is -0.134. The topological polar surface area (TPSA) is 60.2 Å². The average Bonchev–Trinajstić information content (AvgIpc) is 3.05. The maximum Gasteiger partial charge on any atom is 0.260 e. The molecule has 0 radical (unpaired) electrons. The molecule has 6 nitrogen and oxygen atoms in total. The van der Waals surface area contributed by atoms with Gasteiger partial charge in [-0.05, 0) is 48.6 Å². The quantitative estimate of drug-likeness (QED) is 0.661. The Labute approximate surface area is 176 Å². The van der Waals surface area contributed by atoms with Crippen molar-refractivity contribution in [3.63, 3.8) is 0 Å². The molecule has 1 atom stereocenters. The third-order valence-corrected chi connectivity index (χ3v) is 6.36. The van der Waals surface area contributed by atoms with Crippen LogP contribution in [0.1, 0.15) is 49.7 Å². The Kier molecular flexibility index (Phi) is 5.39. The summed E-state index contributed by atoms with van der Waals surface area (Å²) in [6.45, 7) is 2.58. The first kappa shape index (κ1) is 19.1. The summed E-state index contributed by atoms with van der Waals surface area (Å²) < 4.78 is 8.15. The Morgan fingerprint density at radius 1 is 1.00 bits per heavy atom. The fraction of sp³-hybridized carbons (Fsp3) is 0.458. The van der Waals surface area contributed by atoms with E-state index < -0.39 is 0 Å². The van der Waals surface area contributed by atoms with E-state index in [9.17, 15) is 4.79 Å². The van der Waals surface area contributed by atoms with Gasteiger partial charge in [0.05, 0.1) is 0 Å². The third-order valence-electron chi connectivity index (χ3n) is 6.36. The fourth-order valence-corrected chi connectivity index (χ4v) is 4.72. The van der Waals surface area contributed by atoms with E-state index in [1.807, 2.05) is 35.2 Å². The van der Waals surface area contributed by atoms with Crippen LogP contribution in [0, 0.1) is 0 Å². The van der Waals surface area contributed by atoms with Gasteiger partial charge < -0.3 is 14.2 Å². The molecule has 2 aromatic carbocycles. The van der Waals surface area contributed by atoms with Gasteiger partial charge in [-0.2, -0.15) is 0 Å². The summed E-state index contributed by atoms with van der Waals surface area (Å²) in [6, 6.07) is 14.1. The highest BCUT2D eigenvalue weighted by molar-refractivity contribution is 5.84. The highest BCUT2D eigenvalue weighted by Crippen LogP contribution is 2.28. The van der Waals surface area contributed by atoms with Crippen LogP contribution in [0.3, 0.4) is 0 Å². The first-order valence-electron chi connectivity index (χ1n) is 11.1. The van der Waals surface area contributed by atoms with Crippen molar-refractivity contribution in [3.8, 4) is 5.75 Å². The molecule has 156 valence electrons. The maximum absolute atomic E-state index is 12.9. The molecule has 1 amide bonds. The van der Waals surface area contributed by atoms with Crippen molar-refractivity contribution in [2.24, 2.45) is 0 Å². The first-order valence-corrected chi connectivity index (χ1v) is 11.1. The zero-order chi connectivity index (χ0) is 20.3. The van der Waals surface area contributed by atoms with Gasteiger partial charge in [0.25, 0.3) is 5.91 Å². The van der Waals surface area contributed by atoms with Crippen molar-refractivity contribution in [1.29, 1.82) is 0 Å². The minimum absolute atomic E-state index is 0.0449. The zero-order valence-corrected chi connectivity index (χ0v) is 17.3. The highest BCUT2D eigenvalue weighted by Gasteiger charge is 2.29. The van der Waals surface area contributed by atoms with E-state index in [4.69, 9.17) is 4.74 Å². The van der Waals surface area contributed by atoms with E-state index in [1.165, 1.54) is 24.6 Å². The van der Waals surface area contributed by atoms with Gasteiger partial charge in [0.2, 0.25) is 0 Å². The summed E-state index contributed by atoms with van der Waals surface area (Å²) in [5, 5.41) is 11.3. The van der Waals surface area contributed by atoms with Gasteiger partial charge in [0.15, 0.2) is 6.61 Å². The molecule has 6 heteroatoms. The predicted molar refractivity (Wildman–Crippen MR) is 116 cm³/mol. The summed E-state index contributed by atoms with van der Waals surface area (Å²) in [7, 11) is 0. The number of amides is 1. The lowest BCUT2D eigenvalue weighted by atomic mass is 9.97. The number of hydrogen-bond donors (Lipinski definition) is 0. The number of carbonyl (C=O) groups excluding carboxylic acids is 1. The van der Waals surface area contributed by atoms with E-state index in [2.05, 4.69) is 26.9 Å². The van der Waals surface area contributed by atoms with Crippen LogP contribution in [0.25, 0.3) is 10.8 Å². The van der Waals surface area contributed by atoms with Gasteiger partial charge in [0.1, 0.15) is 17.4 Å². The lowest BCUT2D eigenvalue weighted by Gasteiger charge is -2.32. The Balaban J connectivity index is 1.23. The minimum atomic E-state index is 0.0449. The number of piperidine rings is 1. The molecule has 0 saturated carbocycles. The molecule has 3 heterocycles. The fourth-order valence-electron chi connectivity index (χ4n) is 4.72. The first-order chi connectivity index (χ1) is 14.8. The standard InChI is InChI=1S/C24H28N4O2/c29-23(17-30-21-12-11-18-7-3-4-8-19(18)15-21)27-13-6-9-20(16-27)24-26-25-22-10-2-1-5-14-28(22)24/h3-4,7-8,11-12,15,20H,1-2,5-6,9-10,13-14,16-17H2/t20-/m0/s1. The number of benzene rings is 2. The van der Waals surface area contributed by atoms with Gasteiger partial charge in [-0.25, -0.2) is 0 Å². The van der Waals surface area contributed by atoms with Crippen LogP contribution in [-0.2, 0) is 17.8 Å². The van der Waals surface area contributed by atoms with E-state index in [-0.39, 0.29) is 18.4 Å². The molecule has 0 bridgehead atoms. The highest BCUT2D eigenvalue weighted by atomic mass is 16.5. The van der Waals surface area contributed by atoms with Crippen molar-refractivity contribution >= 4 is 16.7 Å². The van der Waals surface area contributed by atoms with Crippen molar-refractivity contribution in [1.82, 2.24) is 19.7 Å². The Hall–Kier alpha value is -2.89. The number of nitrogens with zero attached hydrogens (tertiary/aromatic N) is 4. The summed E-state index contributed by atoms with van der Waals surface area (Å²) in [5.41, 5.74) is 0. The molecule has 0 N–H and O–H groups in total. The SMILES string of the molecule is O=C(COc1ccc2ccccc2c1)N1CCC[C@H](c2nnc3n2CCCCC3)C1. The van der Waals surface area contributed by atoms with Crippen molar-refractivity contribution < 1.29 is 9.53 Å². The van der Waals surface area contributed by atoms with Crippen LogP contribution >= 0.6 is 0 Å². The van der Waals surface area contributed by atoms with Crippen molar-refractivity contribution in [3.05, 3.63) is 54.1 Å². The number of ether oxygens (including phenoxy) is 1. The van der Waals surface area contributed by atoms with Crippen LogP contribution in [0.4, 0.5) is 0 Å². The molecule has 5 rings (SSSR count). The van der Waals surface area contributed by atoms with Gasteiger partial charge in [0, 0.05) is 32.0 Å². The van der Waals surface area contributed by atoms with Gasteiger partial charge in [-0.1, -0.05) is 36.8 Å². The predicted octanol–water partition coefficient (Wildman–Crippen LogP) is 3.94. The molecule has 30 heavy (non-hydrogen) atoms. The number of hydrogen-bond acceptors (Lipinski definition) is 4. The normalized spacial score (nSPS) is 19.3. The molecule has 0 unspecified atom stereocenters. The number of aromatic nitrogens is 3. The summed E-state index contributed by atoms with van der Waals surface area (Å²) >= 11 is 0. The van der Waals surface area contributed by atoms with Crippen molar-refractivity contribution in [2.45, 2.75) is 51.0 Å². The maximum atomic E-state index is 12.9. The van der Waals surface area contributed by atoms with Crippen LogP contribution in [0.2, 0.25) is 0 Å². The van der Waals surface area contributed by atoms with Crippen molar-refractivity contribution in [2.75, 3.05) is 19.7 Å². The molecular weight excluding hydrogens is 376 g/mol.